The molecule has 0 saturated heterocycles. The molecule has 0 bridgehead atoms. The van der Waals surface area contributed by atoms with Crippen molar-refractivity contribution >= 4 is 0 Å². The Balaban J connectivity index is 3.05. The van der Waals surface area contributed by atoms with Crippen molar-refractivity contribution < 1.29 is 0 Å². The Morgan fingerprint density at radius 1 is 0.526 bits per heavy atom. The number of rotatable bonds is 15. The number of unbranched alkanes of at least 4 members (excludes halogenated alkanes) is 11. The number of hydrogen-bond donors (Lipinski definition) is 1. The Morgan fingerprint density at radius 2 is 0.842 bits per heavy atom. The molecule has 19 heavy (non-hydrogen) atoms. The molecule has 0 fully saturated rings. The summed E-state index contributed by atoms with van der Waals surface area (Å²) in [6.07, 6.45) is 17.9. The number of nitrogens with two attached hydrogens (primary N) is 1. The highest BCUT2D eigenvalue weighted by molar-refractivity contribution is 4.52. The first-order valence-electron chi connectivity index (χ1n) is 8.80. The van der Waals surface area contributed by atoms with Gasteiger partial charge in [-0.3, -0.25) is 5.84 Å². The van der Waals surface area contributed by atoms with E-state index in [9.17, 15) is 0 Å². The lowest BCUT2D eigenvalue weighted by molar-refractivity contribution is 0.269. The standard InChI is InChI=1S/C17H38N2/c1-3-5-7-8-9-10-11-12-13-15-17-19(18)16-14-6-4-2/h3-18H2,1-2H3. The van der Waals surface area contributed by atoms with Crippen molar-refractivity contribution in [1.82, 2.24) is 5.01 Å². The van der Waals surface area contributed by atoms with Gasteiger partial charge in [-0.25, -0.2) is 5.01 Å². The van der Waals surface area contributed by atoms with E-state index in [1.165, 1.54) is 83.5 Å². The predicted molar refractivity (Wildman–Crippen MR) is 87.1 cm³/mol. The zero-order chi connectivity index (χ0) is 14.2. The van der Waals surface area contributed by atoms with Crippen molar-refractivity contribution in [3.8, 4) is 0 Å². The van der Waals surface area contributed by atoms with Crippen LogP contribution in [0.4, 0.5) is 0 Å². The summed E-state index contributed by atoms with van der Waals surface area (Å²) in [4.78, 5) is 0. The molecule has 0 saturated carbocycles. The summed E-state index contributed by atoms with van der Waals surface area (Å²) in [6, 6.07) is 0. The van der Waals surface area contributed by atoms with Gasteiger partial charge in [-0.05, 0) is 12.8 Å². The first-order chi connectivity index (χ1) is 9.31. The Hall–Kier alpha value is -0.0800. The van der Waals surface area contributed by atoms with Gasteiger partial charge in [0.15, 0.2) is 0 Å². The summed E-state index contributed by atoms with van der Waals surface area (Å²) in [5.74, 6) is 5.96. The van der Waals surface area contributed by atoms with E-state index >= 15 is 0 Å². The van der Waals surface area contributed by atoms with Crippen LogP contribution in [0, 0.1) is 0 Å². The van der Waals surface area contributed by atoms with Crippen LogP contribution in [0.3, 0.4) is 0 Å². The molecule has 116 valence electrons. The van der Waals surface area contributed by atoms with Crippen LogP contribution in [0.1, 0.15) is 97.3 Å². The first-order valence-corrected chi connectivity index (χ1v) is 8.80. The molecule has 0 aliphatic carbocycles. The van der Waals surface area contributed by atoms with Crippen LogP contribution in [0.25, 0.3) is 0 Å². The second-order valence-corrected chi connectivity index (χ2v) is 5.93. The van der Waals surface area contributed by atoms with Crippen LogP contribution in [0.2, 0.25) is 0 Å². The Labute approximate surface area is 122 Å². The summed E-state index contributed by atoms with van der Waals surface area (Å²) < 4.78 is 0. The Bertz CT molecular complexity index is 159. The van der Waals surface area contributed by atoms with Crippen LogP contribution >= 0.6 is 0 Å². The van der Waals surface area contributed by atoms with E-state index in [0.29, 0.717) is 0 Å². The van der Waals surface area contributed by atoms with Gasteiger partial charge in [0.1, 0.15) is 0 Å². The maximum Gasteiger partial charge on any atom is 0.0128 e. The van der Waals surface area contributed by atoms with Crippen LogP contribution in [-0.4, -0.2) is 18.1 Å². The maximum atomic E-state index is 5.96. The first kappa shape index (κ1) is 18.9. The van der Waals surface area contributed by atoms with Crippen molar-refractivity contribution in [2.24, 2.45) is 5.84 Å². The van der Waals surface area contributed by atoms with Gasteiger partial charge in [-0.1, -0.05) is 84.5 Å². The van der Waals surface area contributed by atoms with Crippen molar-refractivity contribution in [2.45, 2.75) is 97.3 Å². The van der Waals surface area contributed by atoms with Gasteiger partial charge >= 0.3 is 0 Å². The number of hydrazine groups is 1. The van der Waals surface area contributed by atoms with Gasteiger partial charge in [0.25, 0.3) is 0 Å². The van der Waals surface area contributed by atoms with Gasteiger partial charge in [0.2, 0.25) is 0 Å². The molecule has 0 unspecified atom stereocenters. The van der Waals surface area contributed by atoms with Crippen LogP contribution < -0.4 is 5.84 Å². The van der Waals surface area contributed by atoms with Gasteiger partial charge in [0.05, 0.1) is 0 Å². The minimum Gasteiger partial charge on any atom is -0.269 e. The van der Waals surface area contributed by atoms with E-state index in [0.717, 1.165) is 13.1 Å². The molecule has 2 nitrogen and oxygen atoms in total. The van der Waals surface area contributed by atoms with Crippen molar-refractivity contribution in [3.05, 3.63) is 0 Å². The van der Waals surface area contributed by atoms with E-state index in [4.69, 9.17) is 5.84 Å². The van der Waals surface area contributed by atoms with Gasteiger partial charge in [0, 0.05) is 13.1 Å². The smallest absolute Gasteiger partial charge is 0.0128 e. The maximum absolute atomic E-state index is 5.96. The summed E-state index contributed by atoms with van der Waals surface area (Å²) >= 11 is 0. The Morgan fingerprint density at radius 3 is 1.32 bits per heavy atom. The molecule has 0 spiro atoms. The fraction of sp³-hybridized carbons (Fsp3) is 1.00. The third kappa shape index (κ3) is 15.9. The number of hydrogen-bond acceptors (Lipinski definition) is 2. The summed E-state index contributed by atoms with van der Waals surface area (Å²) in [5, 5.41) is 2.01. The van der Waals surface area contributed by atoms with Gasteiger partial charge < -0.3 is 0 Å². The van der Waals surface area contributed by atoms with E-state index < -0.39 is 0 Å². The average molecular weight is 271 g/mol. The molecular weight excluding hydrogens is 232 g/mol. The van der Waals surface area contributed by atoms with Crippen LogP contribution in [0.15, 0.2) is 0 Å². The molecule has 0 aromatic carbocycles. The number of nitrogens with zero attached hydrogens (tertiary/aromatic N) is 1. The minimum absolute atomic E-state index is 1.07. The van der Waals surface area contributed by atoms with Crippen molar-refractivity contribution in [2.75, 3.05) is 13.1 Å². The summed E-state index contributed by atoms with van der Waals surface area (Å²) in [6.45, 7) is 6.68. The molecule has 0 heterocycles. The van der Waals surface area contributed by atoms with E-state index in [1.54, 1.807) is 0 Å². The van der Waals surface area contributed by atoms with Crippen LogP contribution in [0.5, 0.6) is 0 Å². The molecular formula is C17H38N2. The molecule has 0 rings (SSSR count). The third-order valence-corrected chi connectivity index (χ3v) is 3.85. The Kier molecular flexibility index (Phi) is 15.9. The molecule has 0 aliphatic rings. The van der Waals surface area contributed by atoms with Crippen molar-refractivity contribution in [1.29, 1.82) is 0 Å². The monoisotopic (exact) mass is 270 g/mol. The fourth-order valence-corrected chi connectivity index (χ4v) is 2.48. The van der Waals surface area contributed by atoms with Gasteiger partial charge in [-0.15, -0.1) is 0 Å². The third-order valence-electron chi connectivity index (χ3n) is 3.85. The minimum atomic E-state index is 1.07. The highest BCUT2D eigenvalue weighted by atomic mass is 15.4. The molecule has 0 aromatic rings. The van der Waals surface area contributed by atoms with Crippen molar-refractivity contribution in [3.63, 3.8) is 0 Å². The molecule has 0 aliphatic heterocycles. The lowest BCUT2D eigenvalue weighted by Gasteiger charge is -2.15. The quantitative estimate of drug-likeness (QED) is 0.249. The fourth-order valence-electron chi connectivity index (χ4n) is 2.48. The topological polar surface area (TPSA) is 29.3 Å². The van der Waals surface area contributed by atoms with E-state index in [2.05, 4.69) is 13.8 Å². The zero-order valence-electron chi connectivity index (χ0n) is 13.6. The molecule has 2 heteroatoms. The molecule has 2 N–H and O–H groups in total. The van der Waals surface area contributed by atoms with E-state index in [-0.39, 0.29) is 0 Å². The highest BCUT2D eigenvalue weighted by Crippen LogP contribution is 2.10. The lowest BCUT2D eigenvalue weighted by atomic mass is 10.1. The lowest BCUT2D eigenvalue weighted by Crippen LogP contribution is -2.32. The van der Waals surface area contributed by atoms with Gasteiger partial charge in [-0.2, -0.15) is 0 Å². The van der Waals surface area contributed by atoms with E-state index in [1.807, 2.05) is 5.01 Å². The molecule has 0 amide bonds. The largest absolute Gasteiger partial charge is 0.269 e. The predicted octanol–water partition coefficient (Wildman–Crippen LogP) is 5.27. The molecule has 0 atom stereocenters. The molecule has 0 aromatic heterocycles. The highest BCUT2D eigenvalue weighted by Gasteiger charge is 1.98. The normalized spacial score (nSPS) is 11.4. The SMILES string of the molecule is CCCCCCCCCCCCN(N)CCCCC. The second-order valence-electron chi connectivity index (χ2n) is 5.93. The second kappa shape index (κ2) is 16.0. The zero-order valence-corrected chi connectivity index (χ0v) is 13.6. The summed E-state index contributed by atoms with van der Waals surface area (Å²) in [5.41, 5.74) is 0. The average Bonchev–Trinajstić information content (AvgIpc) is 2.41. The van der Waals surface area contributed by atoms with Crippen LogP contribution in [-0.2, 0) is 0 Å². The molecule has 0 radical (unpaired) electrons. The summed E-state index contributed by atoms with van der Waals surface area (Å²) in [7, 11) is 0.